The summed E-state index contributed by atoms with van der Waals surface area (Å²) >= 11 is 5.75. The number of nitrogens with one attached hydrogen (secondary N) is 1. The molecule has 0 spiro atoms. The van der Waals surface area contributed by atoms with Crippen LogP contribution in [0.1, 0.15) is 80.2 Å². The number of hydrogen-bond donors (Lipinski definition) is 1. The van der Waals surface area contributed by atoms with Crippen molar-refractivity contribution in [1.29, 1.82) is 0 Å². The summed E-state index contributed by atoms with van der Waals surface area (Å²) in [6.07, 6.45) is 4.85. The number of halogens is 4. The third-order valence-electron chi connectivity index (χ3n) is 5.95. The predicted octanol–water partition coefficient (Wildman–Crippen LogP) is 7.80. The molecular formula is C24H30ClF3N2. The average molecular weight is 439 g/mol. The van der Waals surface area contributed by atoms with Gasteiger partial charge in [0.25, 0.3) is 0 Å². The zero-order chi connectivity index (χ0) is 21.6. The van der Waals surface area contributed by atoms with Crippen LogP contribution in [0.5, 0.6) is 0 Å². The standard InChI is InChI=1S/C24H30ClF3N2/c1-2-17(19-12-14-22(25)21(16-19)24(26,27)28)8-5-3-4-6-10-20-13-11-18-9-7-15-29-23(18)30-20/h11-14,16-17H,2-10,15H2,1H3,(H,29,30). The number of aryl methyl sites for hydroxylation is 2. The molecule has 0 fully saturated rings. The van der Waals surface area contributed by atoms with Crippen molar-refractivity contribution in [2.45, 2.75) is 76.8 Å². The van der Waals surface area contributed by atoms with Gasteiger partial charge in [-0.1, -0.05) is 49.9 Å². The smallest absolute Gasteiger partial charge is 0.370 e. The lowest BCUT2D eigenvalue weighted by Crippen LogP contribution is -2.13. The summed E-state index contributed by atoms with van der Waals surface area (Å²) in [6.45, 7) is 3.03. The summed E-state index contributed by atoms with van der Waals surface area (Å²) in [7, 11) is 0. The Morgan fingerprint density at radius 1 is 1.10 bits per heavy atom. The highest BCUT2D eigenvalue weighted by atomic mass is 35.5. The van der Waals surface area contributed by atoms with Crippen LogP contribution in [0.25, 0.3) is 0 Å². The van der Waals surface area contributed by atoms with Gasteiger partial charge < -0.3 is 5.32 Å². The van der Waals surface area contributed by atoms with Gasteiger partial charge in [-0.2, -0.15) is 13.2 Å². The van der Waals surface area contributed by atoms with Crippen molar-refractivity contribution in [3.63, 3.8) is 0 Å². The Labute approximate surface area is 182 Å². The maximum Gasteiger partial charge on any atom is 0.417 e. The van der Waals surface area contributed by atoms with Crippen LogP contribution in [0.3, 0.4) is 0 Å². The topological polar surface area (TPSA) is 24.9 Å². The van der Waals surface area contributed by atoms with E-state index in [2.05, 4.69) is 17.4 Å². The van der Waals surface area contributed by atoms with E-state index < -0.39 is 11.7 Å². The number of anilines is 1. The van der Waals surface area contributed by atoms with Crippen molar-refractivity contribution in [3.8, 4) is 0 Å². The Morgan fingerprint density at radius 3 is 2.67 bits per heavy atom. The van der Waals surface area contributed by atoms with Gasteiger partial charge >= 0.3 is 6.18 Å². The second kappa shape index (κ2) is 10.5. The number of rotatable bonds is 9. The lowest BCUT2D eigenvalue weighted by atomic mass is 9.89. The van der Waals surface area contributed by atoms with Crippen molar-refractivity contribution in [3.05, 3.63) is 57.7 Å². The third kappa shape index (κ3) is 6.13. The molecule has 0 aliphatic carbocycles. The van der Waals surface area contributed by atoms with Gasteiger partial charge in [-0.15, -0.1) is 0 Å². The van der Waals surface area contributed by atoms with Crippen molar-refractivity contribution in [2.24, 2.45) is 0 Å². The summed E-state index contributed by atoms with van der Waals surface area (Å²) < 4.78 is 39.4. The van der Waals surface area contributed by atoms with E-state index in [-0.39, 0.29) is 10.9 Å². The summed E-state index contributed by atoms with van der Waals surface area (Å²) in [6, 6.07) is 8.67. The lowest BCUT2D eigenvalue weighted by molar-refractivity contribution is -0.137. The van der Waals surface area contributed by atoms with Gasteiger partial charge in [0.15, 0.2) is 0 Å². The van der Waals surface area contributed by atoms with E-state index in [0.29, 0.717) is 0 Å². The molecule has 1 aromatic carbocycles. The number of nitrogens with zero attached hydrogens (tertiary/aromatic N) is 1. The van der Waals surface area contributed by atoms with Gasteiger partial charge in [-0.25, -0.2) is 4.98 Å². The first-order valence-electron chi connectivity index (χ1n) is 11.0. The highest BCUT2D eigenvalue weighted by Gasteiger charge is 2.33. The van der Waals surface area contributed by atoms with Gasteiger partial charge in [-0.05, 0) is 73.8 Å². The number of aromatic nitrogens is 1. The average Bonchev–Trinajstić information content (AvgIpc) is 2.73. The number of unbranched alkanes of at least 4 members (excludes halogenated alkanes) is 3. The molecule has 1 N–H and O–H groups in total. The fourth-order valence-corrected chi connectivity index (χ4v) is 4.40. The molecule has 30 heavy (non-hydrogen) atoms. The molecule has 1 aliphatic rings. The zero-order valence-corrected chi connectivity index (χ0v) is 18.3. The fraction of sp³-hybridized carbons (Fsp3) is 0.542. The van der Waals surface area contributed by atoms with E-state index in [0.717, 1.165) is 75.0 Å². The van der Waals surface area contributed by atoms with Gasteiger partial charge in [0, 0.05) is 12.2 Å². The van der Waals surface area contributed by atoms with Crippen LogP contribution in [0.4, 0.5) is 19.0 Å². The van der Waals surface area contributed by atoms with Crippen LogP contribution in [-0.4, -0.2) is 11.5 Å². The molecule has 0 radical (unpaired) electrons. The maximum absolute atomic E-state index is 13.1. The number of pyridine rings is 1. The van der Waals surface area contributed by atoms with E-state index in [1.54, 1.807) is 6.07 Å². The van der Waals surface area contributed by atoms with Crippen molar-refractivity contribution >= 4 is 17.4 Å². The fourth-order valence-electron chi connectivity index (χ4n) is 4.18. The largest absolute Gasteiger partial charge is 0.417 e. The van der Waals surface area contributed by atoms with Crippen molar-refractivity contribution in [1.82, 2.24) is 4.98 Å². The summed E-state index contributed by atoms with van der Waals surface area (Å²) in [5, 5.41) is 3.15. The summed E-state index contributed by atoms with van der Waals surface area (Å²) in [5.74, 6) is 1.18. The number of alkyl halides is 3. The highest BCUT2D eigenvalue weighted by Crippen LogP contribution is 2.37. The summed E-state index contributed by atoms with van der Waals surface area (Å²) in [4.78, 5) is 4.73. The maximum atomic E-state index is 13.1. The minimum atomic E-state index is -4.41. The van der Waals surface area contributed by atoms with Crippen LogP contribution in [0, 0.1) is 0 Å². The Balaban J connectivity index is 1.43. The Hall–Kier alpha value is -1.75. The SMILES string of the molecule is CCC(CCCCCCc1ccc2c(n1)NCCC2)c1ccc(Cl)c(C(F)(F)F)c1. The van der Waals surface area contributed by atoms with E-state index in [1.807, 2.05) is 6.92 Å². The molecular weight excluding hydrogens is 409 g/mol. The van der Waals surface area contributed by atoms with Crippen LogP contribution in [-0.2, 0) is 19.0 Å². The van der Waals surface area contributed by atoms with Crippen LogP contribution < -0.4 is 5.32 Å². The highest BCUT2D eigenvalue weighted by molar-refractivity contribution is 6.31. The van der Waals surface area contributed by atoms with E-state index >= 15 is 0 Å². The lowest BCUT2D eigenvalue weighted by Gasteiger charge is -2.18. The second-order valence-electron chi connectivity index (χ2n) is 8.14. The van der Waals surface area contributed by atoms with Crippen molar-refractivity contribution in [2.75, 3.05) is 11.9 Å². The third-order valence-corrected chi connectivity index (χ3v) is 6.28. The number of fused-ring (bicyclic) bond motifs is 1. The molecule has 6 heteroatoms. The van der Waals surface area contributed by atoms with Gasteiger partial charge in [0.1, 0.15) is 5.82 Å². The molecule has 1 atom stereocenters. The van der Waals surface area contributed by atoms with Gasteiger partial charge in [-0.3, -0.25) is 0 Å². The normalized spacial score (nSPS) is 14.8. The molecule has 164 valence electrons. The first kappa shape index (κ1) is 22.9. The molecule has 0 saturated heterocycles. The van der Waals surface area contributed by atoms with Crippen LogP contribution >= 0.6 is 11.6 Å². The van der Waals surface area contributed by atoms with E-state index in [4.69, 9.17) is 16.6 Å². The molecule has 1 aromatic heterocycles. The number of benzene rings is 1. The van der Waals surface area contributed by atoms with Crippen LogP contribution in [0.2, 0.25) is 5.02 Å². The van der Waals surface area contributed by atoms with E-state index in [1.165, 1.54) is 24.1 Å². The molecule has 2 aromatic rings. The Morgan fingerprint density at radius 2 is 1.90 bits per heavy atom. The molecule has 0 amide bonds. The van der Waals surface area contributed by atoms with Crippen molar-refractivity contribution < 1.29 is 13.2 Å². The minimum absolute atomic E-state index is 0.136. The second-order valence-corrected chi connectivity index (χ2v) is 8.54. The van der Waals surface area contributed by atoms with Gasteiger partial charge in [0.2, 0.25) is 0 Å². The molecule has 1 unspecified atom stereocenters. The molecule has 2 nitrogen and oxygen atoms in total. The quantitative estimate of drug-likeness (QED) is 0.404. The first-order chi connectivity index (χ1) is 14.4. The predicted molar refractivity (Wildman–Crippen MR) is 117 cm³/mol. The van der Waals surface area contributed by atoms with Crippen LogP contribution in [0.15, 0.2) is 30.3 Å². The monoisotopic (exact) mass is 438 g/mol. The molecule has 0 bridgehead atoms. The minimum Gasteiger partial charge on any atom is -0.370 e. The number of hydrogen-bond acceptors (Lipinski definition) is 2. The zero-order valence-electron chi connectivity index (χ0n) is 17.5. The molecule has 3 rings (SSSR count). The molecule has 1 aliphatic heterocycles. The van der Waals surface area contributed by atoms with Gasteiger partial charge in [0.05, 0.1) is 10.6 Å². The van der Waals surface area contributed by atoms with E-state index in [9.17, 15) is 13.2 Å². The molecule has 2 heterocycles. The molecule has 0 saturated carbocycles. The summed E-state index contributed by atoms with van der Waals surface area (Å²) in [5.41, 5.74) is 2.45. The Kier molecular flexibility index (Phi) is 8.04. The Bertz CT molecular complexity index is 836. The first-order valence-corrected chi connectivity index (χ1v) is 11.4.